The van der Waals surface area contributed by atoms with Gasteiger partial charge in [0.1, 0.15) is 24.8 Å². The van der Waals surface area contributed by atoms with Crippen molar-refractivity contribution in [1.82, 2.24) is 15.3 Å². The van der Waals surface area contributed by atoms with Crippen LogP contribution in [0.5, 0.6) is 23.3 Å². The molecular weight excluding hydrogens is 377 g/mol. The molecule has 2 heterocycles. The van der Waals surface area contributed by atoms with Crippen molar-refractivity contribution in [2.24, 2.45) is 0 Å². The van der Waals surface area contributed by atoms with E-state index in [1.807, 2.05) is 13.8 Å². The normalized spacial score (nSPS) is 14.8. The van der Waals surface area contributed by atoms with Gasteiger partial charge in [0.05, 0.1) is 18.3 Å². The lowest BCUT2D eigenvalue weighted by Crippen LogP contribution is -2.34. The van der Waals surface area contributed by atoms with Gasteiger partial charge < -0.3 is 24.3 Å². The highest BCUT2D eigenvalue weighted by Gasteiger charge is 2.19. The van der Waals surface area contributed by atoms with Crippen LogP contribution in [-0.2, 0) is 4.74 Å². The Hall–Kier alpha value is -2.45. The molecule has 1 N–H and O–H groups in total. The lowest BCUT2D eigenvalue weighted by molar-refractivity contribution is 0.0552. The van der Waals surface area contributed by atoms with Gasteiger partial charge in [-0.15, -0.1) is 0 Å². The van der Waals surface area contributed by atoms with Crippen LogP contribution in [0.2, 0.25) is 0 Å². The van der Waals surface area contributed by atoms with E-state index in [4.69, 9.17) is 18.9 Å². The quantitative estimate of drug-likeness (QED) is 0.638. The third-order valence-corrected chi connectivity index (χ3v) is 4.47. The molecule has 0 atom stereocenters. The summed E-state index contributed by atoms with van der Waals surface area (Å²) >= 11 is 0. The minimum atomic E-state index is -0.536. The Morgan fingerprint density at radius 1 is 1.14 bits per heavy atom. The van der Waals surface area contributed by atoms with Crippen molar-refractivity contribution < 1.29 is 23.3 Å². The Balaban J connectivity index is 1.62. The number of hydrogen-bond donors (Lipinski definition) is 1. The summed E-state index contributed by atoms with van der Waals surface area (Å²) in [4.78, 5) is 8.33. The van der Waals surface area contributed by atoms with Crippen LogP contribution < -0.4 is 19.5 Å². The Labute approximate surface area is 170 Å². The van der Waals surface area contributed by atoms with Crippen molar-refractivity contribution in [1.29, 1.82) is 0 Å². The first kappa shape index (κ1) is 21.3. The number of benzene rings is 1. The minimum absolute atomic E-state index is 0.0606. The molecule has 1 aliphatic rings. The van der Waals surface area contributed by atoms with Crippen molar-refractivity contribution in [3.05, 3.63) is 35.9 Å². The van der Waals surface area contributed by atoms with Gasteiger partial charge in [0.2, 0.25) is 11.8 Å². The molecule has 1 fully saturated rings. The van der Waals surface area contributed by atoms with Gasteiger partial charge in [-0.05, 0) is 58.8 Å². The van der Waals surface area contributed by atoms with Gasteiger partial charge in [-0.3, -0.25) is 0 Å². The van der Waals surface area contributed by atoms with E-state index in [1.165, 1.54) is 18.5 Å². The van der Waals surface area contributed by atoms with Crippen LogP contribution >= 0.6 is 0 Å². The molecule has 1 saturated heterocycles. The zero-order chi connectivity index (χ0) is 20.6. The number of aromatic nitrogens is 2. The molecule has 0 bridgehead atoms. The van der Waals surface area contributed by atoms with Crippen molar-refractivity contribution in [3.63, 3.8) is 0 Å². The standard InChI is InChI=1S/C21H28FN3O4/c1-14(2)26-10-11-27-17-4-5-19(18(22)12-17)29-21-15(3)20(24-13-25-21)28-16-6-8-23-9-7-16/h4-5,12-14,16,23H,6-11H2,1-3H3. The smallest absolute Gasteiger partial charge is 0.229 e. The van der Waals surface area contributed by atoms with Crippen LogP contribution in [0.25, 0.3) is 0 Å². The number of rotatable bonds is 9. The van der Waals surface area contributed by atoms with Crippen LogP contribution in [-0.4, -0.2) is 48.5 Å². The first-order valence-electron chi connectivity index (χ1n) is 9.93. The third-order valence-electron chi connectivity index (χ3n) is 4.47. The predicted octanol–water partition coefficient (Wildman–Crippen LogP) is 3.65. The maximum atomic E-state index is 14.5. The largest absolute Gasteiger partial charge is 0.491 e. The average Bonchev–Trinajstić information content (AvgIpc) is 2.71. The lowest BCUT2D eigenvalue weighted by Gasteiger charge is -2.24. The van der Waals surface area contributed by atoms with Crippen LogP contribution in [0, 0.1) is 12.7 Å². The fraction of sp³-hybridized carbons (Fsp3) is 0.524. The van der Waals surface area contributed by atoms with Gasteiger partial charge in [-0.2, -0.15) is 0 Å². The highest BCUT2D eigenvalue weighted by atomic mass is 19.1. The summed E-state index contributed by atoms with van der Waals surface area (Å²) in [6.07, 6.45) is 3.43. The number of ether oxygens (including phenoxy) is 4. The molecule has 0 unspecified atom stereocenters. The Kier molecular flexibility index (Phi) is 7.60. The maximum absolute atomic E-state index is 14.5. The average molecular weight is 405 g/mol. The molecule has 0 amide bonds. The van der Waals surface area contributed by atoms with E-state index in [1.54, 1.807) is 13.0 Å². The molecule has 1 aliphatic heterocycles. The number of nitrogens with zero attached hydrogens (tertiary/aromatic N) is 2. The van der Waals surface area contributed by atoms with E-state index in [-0.39, 0.29) is 23.8 Å². The van der Waals surface area contributed by atoms with Crippen LogP contribution in [0.1, 0.15) is 32.3 Å². The van der Waals surface area contributed by atoms with Crippen molar-refractivity contribution in [2.75, 3.05) is 26.3 Å². The molecule has 2 aromatic rings. The highest BCUT2D eigenvalue weighted by Crippen LogP contribution is 2.31. The van der Waals surface area contributed by atoms with Crippen LogP contribution in [0.4, 0.5) is 4.39 Å². The van der Waals surface area contributed by atoms with E-state index in [0.29, 0.717) is 30.4 Å². The molecule has 0 spiro atoms. The zero-order valence-electron chi connectivity index (χ0n) is 17.1. The first-order valence-corrected chi connectivity index (χ1v) is 9.93. The van der Waals surface area contributed by atoms with E-state index in [9.17, 15) is 4.39 Å². The van der Waals surface area contributed by atoms with Crippen molar-refractivity contribution in [2.45, 2.75) is 45.8 Å². The van der Waals surface area contributed by atoms with E-state index in [2.05, 4.69) is 15.3 Å². The highest BCUT2D eigenvalue weighted by molar-refractivity contribution is 5.39. The Morgan fingerprint density at radius 2 is 1.90 bits per heavy atom. The fourth-order valence-corrected chi connectivity index (χ4v) is 2.91. The van der Waals surface area contributed by atoms with Crippen LogP contribution in [0.15, 0.2) is 24.5 Å². The topological polar surface area (TPSA) is 74.7 Å². The van der Waals surface area contributed by atoms with Gasteiger partial charge >= 0.3 is 0 Å². The Bertz CT molecular complexity index is 797. The van der Waals surface area contributed by atoms with Gasteiger partial charge in [-0.1, -0.05) is 0 Å². The second-order valence-electron chi connectivity index (χ2n) is 7.14. The van der Waals surface area contributed by atoms with E-state index >= 15 is 0 Å². The first-order chi connectivity index (χ1) is 14.0. The van der Waals surface area contributed by atoms with Crippen molar-refractivity contribution >= 4 is 0 Å². The SMILES string of the molecule is Cc1c(Oc2ccc(OCCOC(C)C)cc2F)ncnc1OC1CCNCC1. The number of hydrogen-bond acceptors (Lipinski definition) is 7. The summed E-state index contributed by atoms with van der Waals surface area (Å²) in [6, 6.07) is 4.45. The van der Waals surface area contributed by atoms with Crippen molar-refractivity contribution in [3.8, 4) is 23.3 Å². The summed E-state index contributed by atoms with van der Waals surface area (Å²) < 4.78 is 37.0. The monoisotopic (exact) mass is 405 g/mol. The molecule has 29 heavy (non-hydrogen) atoms. The molecule has 0 radical (unpaired) electrons. The summed E-state index contributed by atoms with van der Waals surface area (Å²) in [5, 5.41) is 3.29. The molecule has 1 aromatic carbocycles. The lowest BCUT2D eigenvalue weighted by atomic mass is 10.1. The Morgan fingerprint density at radius 3 is 2.62 bits per heavy atom. The molecule has 3 rings (SSSR count). The molecule has 1 aromatic heterocycles. The van der Waals surface area contributed by atoms with Gasteiger partial charge in [-0.25, -0.2) is 14.4 Å². The maximum Gasteiger partial charge on any atom is 0.229 e. The third kappa shape index (κ3) is 6.27. The number of halogens is 1. The fourth-order valence-electron chi connectivity index (χ4n) is 2.91. The van der Waals surface area contributed by atoms with Crippen LogP contribution in [0.3, 0.4) is 0 Å². The van der Waals surface area contributed by atoms with Gasteiger partial charge in [0, 0.05) is 6.07 Å². The minimum Gasteiger partial charge on any atom is -0.491 e. The van der Waals surface area contributed by atoms with E-state index in [0.717, 1.165) is 25.9 Å². The molecule has 8 heteroatoms. The van der Waals surface area contributed by atoms with Gasteiger partial charge in [0.15, 0.2) is 11.6 Å². The number of piperidine rings is 1. The molecular formula is C21H28FN3O4. The molecule has 0 aliphatic carbocycles. The zero-order valence-corrected chi connectivity index (χ0v) is 17.1. The summed E-state index contributed by atoms with van der Waals surface area (Å²) in [5.41, 5.74) is 0.636. The predicted molar refractivity (Wildman–Crippen MR) is 106 cm³/mol. The number of nitrogens with one attached hydrogen (secondary N) is 1. The molecule has 0 saturated carbocycles. The van der Waals surface area contributed by atoms with Gasteiger partial charge in [0.25, 0.3) is 0 Å². The molecule has 158 valence electrons. The summed E-state index contributed by atoms with van der Waals surface area (Å²) in [5.74, 6) is 0.669. The van der Waals surface area contributed by atoms with E-state index < -0.39 is 5.82 Å². The summed E-state index contributed by atoms with van der Waals surface area (Å²) in [6.45, 7) is 8.32. The summed E-state index contributed by atoms with van der Waals surface area (Å²) in [7, 11) is 0. The second kappa shape index (κ2) is 10.4. The molecule has 7 nitrogen and oxygen atoms in total. The second-order valence-corrected chi connectivity index (χ2v) is 7.14.